The summed E-state index contributed by atoms with van der Waals surface area (Å²) in [7, 11) is -1.00. The highest BCUT2D eigenvalue weighted by Crippen LogP contribution is 2.26. The molecule has 0 radical (unpaired) electrons. The minimum atomic E-state index is -2.93. The zero-order valence-corrected chi connectivity index (χ0v) is 19.3. The van der Waals surface area contributed by atoms with Crippen LogP contribution >= 0.6 is 12.2 Å². The van der Waals surface area contributed by atoms with Crippen LogP contribution in [0.5, 0.6) is 0 Å². The van der Waals surface area contributed by atoms with Crippen molar-refractivity contribution < 1.29 is 8.42 Å². The predicted molar refractivity (Wildman–Crippen MR) is 120 cm³/mol. The molecule has 1 aromatic carbocycles. The number of aromatic nitrogens is 3. The second kappa shape index (κ2) is 8.16. The first-order valence-corrected chi connectivity index (χ1v) is 12.0. The molecule has 29 heavy (non-hydrogen) atoms. The molecule has 6 nitrogen and oxygen atoms in total. The van der Waals surface area contributed by atoms with Crippen LogP contribution in [0.25, 0.3) is 11.4 Å². The largest absolute Gasteiger partial charge is 0.296 e. The fourth-order valence-corrected chi connectivity index (χ4v) is 5.67. The highest BCUT2D eigenvalue weighted by molar-refractivity contribution is 7.91. The van der Waals surface area contributed by atoms with Crippen LogP contribution in [0, 0.1) is 4.77 Å². The summed E-state index contributed by atoms with van der Waals surface area (Å²) in [4.78, 5) is 2.03. The van der Waals surface area contributed by atoms with Crippen molar-refractivity contribution in [1.29, 1.82) is 0 Å². The van der Waals surface area contributed by atoms with E-state index < -0.39 is 9.84 Å². The Hall–Kier alpha value is -1.77. The third-order valence-corrected chi connectivity index (χ3v) is 7.61. The van der Waals surface area contributed by atoms with Crippen LogP contribution in [0.15, 0.2) is 36.9 Å². The van der Waals surface area contributed by atoms with Crippen LogP contribution in [0.2, 0.25) is 0 Å². The third-order valence-electron chi connectivity index (χ3n) is 5.43. The maximum Gasteiger partial charge on any atom is 0.199 e. The minimum absolute atomic E-state index is 0.000901. The maximum absolute atomic E-state index is 11.8. The van der Waals surface area contributed by atoms with Crippen molar-refractivity contribution in [3.8, 4) is 11.4 Å². The van der Waals surface area contributed by atoms with Crippen LogP contribution in [-0.4, -0.2) is 52.3 Å². The lowest BCUT2D eigenvalue weighted by atomic mass is 9.87. The molecule has 2 heterocycles. The zero-order valence-electron chi connectivity index (χ0n) is 17.6. The Balaban J connectivity index is 1.91. The Bertz CT molecular complexity index is 1040. The number of sulfone groups is 1. The van der Waals surface area contributed by atoms with Crippen LogP contribution in [-0.2, 0) is 28.5 Å². The van der Waals surface area contributed by atoms with Crippen molar-refractivity contribution >= 4 is 22.1 Å². The number of nitrogens with zero attached hydrogens (tertiary/aromatic N) is 4. The van der Waals surface area contributed by atoms with Crippen molar-refractivity contribution in [3.63, 3.8) is 0 Å². The minimum Gasteiger partial charge on any atom is -0.296 e. The number of rotatable bonds is 6. The molecule has 1 fully saturated rings. The van der Waals surface area contributed by atoms with Gasteiger partial charge in [-0.2, -0.15) is 5.10 Å². The van der Waals surface area contributed by atoms with E-state index in [1.165, 1.54) is 5.56 Å². The Morgan fingerprint density at radius 1 is 1.31 bits per heavy atom. The highest BCUT2D eigenvalue weighted by Gasteiger charge is 2.31. The van der Waals surface area contributed by atoms with E-state index in [4.69, 9.17) is 17.3 Å². The van der Waals surface area contributed by atoms with Crippen LogP contribution in [0.3, 0.4) is 0 Å². The summed E-state index contributed by atoms with van der Waals surface area (Å²) < 4.78 is 28.0. The summed E-state index contributed by atoms with van der Waals surface area (Å²) in [5.41, 5.74) is 2.34. The normalized spacial score (nSPS) is 19.0. The monoisotopic (exact) mass is 434 g/mol. The first kappa shape index (κ1) is 21.9. The molecule has 0 bridgehead atoms. The summed E-state index contributed by atoms with van der Waals surface area (Å²) in [6, 6.07) is 8.42. The molecule has 0 saturated carbocycles. The van der Waals surface area contributed by atoms with Gasteiger partial charge in [-0.3, -0.25) is 9.47 Å². The van der Waals surface area contributed by atoms with Crippen molar-refractivity contribution in [2.45, 2.75) is 51.9 Å². The van der Waals surface area contributed by atoms with Crippen LogP contribution < -0.4 is 0 Å². The molecule has 2 aromatic rings. The molecule has 158 valence electrons. The Morgan fingerprint density at radius 2 is 1.97 bits per heavy atom. The van der Waals surface area contributed by atoms with Gasteiger partial charge in [0.2, 0.25) is 0 Å². The predicted octanol–water partition coefficient (Wildman–Crippen LogP) is 3.64. The molecule has 1 atom stereocenters. The summed E-state index contributed by atoms with van der Waals surface area (Å²) in [5.74, 6) is 1.25. The average Bonchev–Trinajstić information content (AvgIpc) is 3.16. The van der Waals surface area contributed by atoms with Crippen molar-refractivity contribution in [1.82, 2.24) is 19.2 Å². The van der Waals surface area contributed by atoms with Crippen molar-refractivity contribution in [2.75, 3.05) is 18.6 Å². The lowest BCUT2D eigenvalue weighted by molar-refractivity contribution is 0.196. The van der Waals surface area contributed by atoms with Crippen LogP contribution in [0.1, 0.15) is 32.8 Å². The topological polar surface area (TPSA) is 60.1 Å². The SMILES string of the molecule is C=CCn1c(-c2ccc(C(C)(C)C)cc2)nn(CN(C)[C@H]2CCS(=O)(=O)C2)c1=S. The molecule has 0 spiro atoms. The van der Waals surface area contributed by atoms with Gasteiger partial charge in [-0.05, 0) is 36.7 Å². The van der Waals surface area contributed by atoms with Gasteiger partial charge in [-0.15, -0.1) is 6.58 Å². The fourth-order valence-electron chi connectivity index (χ4n) is 3.61. The van der Waals surface area contributed by atoms with Gasteiger partial charge >= 0.3 is 0 Å². The second-order valence-corrected chi connectivity index (χ2v) is 11.4. The van der Waals surface area contributed by atoms with Crippen molar-refractivity contribution in [2.24, 2.45) is 0 Å². The first-order valence-electron chi connectivity index (χ1n) is 9.82. The Morgan fingerprint density at radius 3 is 2.48 bits per heavy atom. The average molecular weight is 435 g/mol. The van der Waals surface area contributed by atoms with Gasteiger partial charge in [0.05, 0.1) is 18.2 Å². The first-order chi connectivity index (χ1) is 13.5. The number of hydrogen-bond donors (Lipinski definition) is 0. The van der Waals surface area contributed by atoms with Gasteiger partial charge in [0.25, 0.3) is 0 Å². The van der Waals surface area contributed by atoms with E-state index in [1.54, 1.807) is 4.68 Å². The maximum atomic E-state index is 11.8. The number of hydrogen-bond acceptors (Lipinski definition) is 5. The van der Waals surface area contributed by atoms with Gasteiger partial charge in [-0.25, -0.2) is 13.1 Å². The molecule has 0 unspecified atom stereocenters. The second-order valence-electron chi connectivity index (χ2n) is 8.79. The van der Waals surface area contributed by atoms with E-state index in [9.17, 15) is 8.42 Å². The smallest absolute Gasteiger partial charge is 0.199 e. The van der Waals surface area contributed by atoms with E-state index in [0.29, 0.717) is 24.4 Å². The molecular formula is C21H30N4O2S2. The van der Waals surface area contributed by atoms with E-state index in [2.05, 4.69) is 51.6 Å². The van der Waals surface area contributed by atoms with Gasteiger partial charge in [0, 0.05) is 18.2 Å². The summed E-state index contributed by atoms with van der Waals surface area (Å²) in [5, 5.41) is 4.77. The zero-order chi connectivity index (χ0) is 21.4. The third kappa shape index (κ3) is 4.87. The van der Waals surface area contributed by atoms with Gasteiger partial charge < -0.3 is 0 Å². The molecule has 0 aliphatic carbocycles. The summed E-state index contributed by atoms with van der Waals surface area (Å²) in [6.45, 7) is 11.4. The lowest BCUT2D eigenvalue weighted by Crippen LogP contribution is -2.34. The molecule has 1 aliphatic rings. The standard InChI is InChI=1S/C21H30N4O2S2/c1-6-12-24-19(16-7-9-17(10-8-16)21(2,3)4)22-25(20(24)28)15-23(5)18-11-13-29(26,27)14-18/h6-10,18H,1,11-15H2,2-5H3/t18-/m0/s1. The van der Waals surface area contributed by atoms with E-state index >= 15 is 0 Å². The van der Waals surface area contributed by atoms with Crippen LogP contribution in [0.4, 0.5) is 0 Å². The molecule has 1 aliphatic heterocycles. The van der Waals surface area contributed by atoms with E-state index in [1.807, 2.05) is 22.6 Å². The van der Waals surface area contributed by atoms with Gasteiger partial charge in [-0.1, -0.05) is 51.1 Å². The number of allylic oxidation sites excluding steroid dienone is 1. The molecule has 1 saturated heterocycles. The molecule has 8 heteroatoms. The Labute approximate surface area is 178 Å². The summed E-state index contributed by atoms with van der Waals surface area (Å²) in [6.07, 6.45) is 2.46. The van der Waals surface area contributed by atoms with Gasteiger partial charge in [0.15, 0.2) is 20.4 Å². The molecule has 3 rings (SSSR count). The lowest BCUT2D eigenvalue weighted by Gasteiger charge is -2.22. The van der Waals surface area contributed by atoms with E-state index in [-0.39, 0.29) is 23.0 Å². The quantitative estimate of drug-likeness (QED) is 0.513. The molecule has 1 aromatic heterocycles. The van der Waals surface area contributed by atoms with Crippen molar-refractivity contribution in [3.05, 3.63) is 47.3 Å². The van der Waals surface area contributed by atoms with E-state index in [0.717, 1.165) is 11.4 Å². The summed E-state index contributed by atoms with van der Waals surface area (Å²) >= 11 is 5.67. The van der Waals surface area contributed by atoms with Gasteiger partial charge in [0.1, 0.15) is 0 Å². The molecular weight excluding hydrogens is 404 g/mol. The highest BCUT2D eigenvalue weighted by atomic mass is 32.2. The number of benzene rings is 1. The molecule has 0 N–H and O–H groups in total. The fraction of sp³-hybridized carbons (Fsp3) is 0.524. The molecule has 0 amide bonds. The Kier molecular flexibility index (Phi) is 6.17.